The maximum absolute atomic E-state index is 12.5. The molecule has 4 nitrogen and oxygen atoms in total. The van der Waals surface area contributed by atoms with Gasteiger partial charge in [0, 0.05) is 16.6 Å². The molecular weight excluding hydrogens is 345 g/mol. The number of methoxy groups -OCH3 is 1. The van der Waals surface area contributed by atoms with Gasteiger partial charge in [0.15, 0.2) is 0 Å². The van der Waals surface area contributed by atoms with Crippen LogP contribution in [-0.4, -0.2) is 15.5 Å². The summed E-state index contributed by atoms with van der Waals surface area (Å²) in [6.07, 6.45) is 0. The zero-order valence-electron chi connectivity index (χ0n) is 12.1. The zero-order chi connectivity index (χ0) is 16.3. The summed E-state index contributed by atoms with van der Waals surface area (Å²) in [4.78, 5) is -0.00722. The summed E-state index contributed by atoms with van der Waals surface area (Å²) in [7, 11) is -2.37. The molecule has 0 radical (unpaired) electrons. The first-order valence-corrected chi connectivity index (χ1v) is 8.66. The molecule has 0 aromatic heterocycles. The molecule has 7 heteroatoms. The summed E-state index contributed by atoms with van der Waals surface area (Å²) in [5.41, 5.74) is 1.64. The number of benzene rings is 2. The molecule has 0 aliphatic rings. The van der Waals surface area contributed by atoms with Gasteiger partial charge in [-0.05, 0) is 42.3 Å². The van der Waals surface area contributed by atoms with E-state index < -0.39 is 10.0 Å². The molecule has 0 bridgehead atoms. The Morgan fingerprint density at radius 1 is 1.18 bits per heavy atom. The van der Waals surface area contributed by atoms with Gasteiger partial charge in [0.1, 0.15) is 10.6 Å². The van der Waals surface area contributed by atoms with Crippen LogP contribution in [-0.2, 0) is 16.6 Å². The normalized spacial score (nSPS) is 11.5. The van der Waals surface area contributed by atoms with Crippen LogP contribution in [0.15, 0.2) is 41.3 Å². The fourth-order valence-electron chi connectivity index (χ4n) is 2.00. The number of halogens is 2. The largest absolute Gasteiger partial charge is 0.495 e. The monoisotopic (exact) mass is 359 g/mol. The van der Waals surface area contributed by atoms with Crippen molar-refractivity contribution in [1.29, 1.82) is 0 Å². The van der Waals surface area contributed by atoms with Crippen molar-refractivity contribution in [2.24, 2.45) is 0 Å². The first-order chi connectivity index (χ1) is 10.3. The van der Waals surface area contributed by atoms with E-state index in [0.717, 1.165) is 11.1 Å². The number of nitrogens with one attached hydrogen (secondary N) is 1. The van der Waals surface area contributed by atoms with Crippen LogP contribution < -0.4 is 9.46 Å². The van der Waals surface area contributed by atoms with E-state index in [9.17, 15) is 8.42 Å². The van der Waals surface area contributed by atoms with Crippen molar-refractivity contribution in [2.45, 2.75) is 18.4 Å². The average molecular weight is 360 g/mol. The highest BCUT2D eigenvalue weighted by Gasteiger charge is 2.20. The molecule has 0 saturated carbocycles. The molecule has 118 valence electrons. The highest BCUT2D eigenvalue weighted by molar-refractivity contribution is 7.89. The van der Waals surface area contributed by atoms with Crippen LogP contribution in [0.25, 0.3) is 0 Å². The quantitative estimate of drug-likeness (QED) is 0.883. The standard InChI is InChI=1S/C15H15Cl2NO3S/c1-10-4-3-5-13(17)12(10)9-18-22(19,20)15-8-11(16)6-7-14(15)21-2/h3-8,18H,9H2,1-2H3. The van der Waals surface area contributed by atoms with Crippen LogP contribution in [0.2, 0.25) is 10.0 Å². The molecule has 0 aliphatic heterocycles. The van der Waals surface area contributed by atoms with E-state index in [1.807, 2.05) is 19.1 Å². The number of ether oxygens (including phenoxy) is 1. The SMILES string of the molecule is COc1ccc(Cl)cc1S(=O)(=O)NCc1c(C)cccc1Cl. The van der Waals surface area contributed by atoms with Crippen molar-refractivity contribution in [3.05, 3.63) is 57.6 Å². The number of hydrogen-bond donors (Lipinski definition) is 1. The van der Waals surface area contributed by atoms with Gasteiger partial charge >= 0.3 is 0 Å². The first kappa shape index (κ1) is 17.1. The molecule has 0 atom stereocenters. The second kappa shape index (κ2) is 6.87. The van der Waals surface area contributed by atoms with Crippen LogP contribution in [0.3, 0.4) is 0 Å². The van der Waals surface area contributed by atoms with Gasteiger partial charge in [0.05, 0.1) is 7.11 Å². The lowest BCUT2D eigenvalue weighted by Gasteiger charge is -2.13. The fraction of sp³-hybridized carbons (Fsp3) is 0.200. The van der Waals surface area contributed by atoms with Crippen LogP contribution in [0.5, 0.6) is 5.75 Å². The van der Waals surface area contributed by atoms with Crippen LogP contribution in [0.4, 0.5) is 0 Å². The number of hydrogen-bond acceptors (Lipinski definition) is 3. The van der Waals surface area contributed by atoms with Crippen molar-refractivity contribution >= 4 is 33.2 Å². The Balaban J connectivity index is 2.31. The molecule has 0 heterocycles. The highest BCUT2D eigenvalue weighted by atomic mass is 35.5. The maximum atomic E-state index is 12.5. The van der Waals surface area contributed by atoms with E-state index in [2.05, 4.69) is 4.72 Å². The number of sulfonamides is 1. The van der Waals surface area contributed by atoms with Gasteiger partial charge in [0.25, 0.3) is 0 Å². The van der Waals surface area contributed by atoms with Gasteiger partial charge in [0.2, 0.25) is 10.0 Å². The Labute approximate surface area is 140 Å². The number of rotatable bonds is 5. The molecule has 0 aliphatic carbocycles. The predicted molar refractivity (Wildman–Crippen MR) is 88.2 cm³/mol. The molecule has 0 spiro atoms. The molecule has 2 rings (SSSR count). The van der Waals surface area contributed by atoms with Crippen molar-refractivity contribution < 1.29 is 13.2 Å². The summed E-state index contributed by atoms with van der Waals surface area (Å²) in [5, 5.41) is 0.829. The lowest BCUT2D eigenvalue weighted by atomic mass is 10.1. The second-order valence-electron chi connectivity index (χ2n) is 4.66. The molecule has 0 fully saturated rings. The van der Waals surface area contributed by atoms with E-state index in [-0.39, 0.29) is 17.2 Å². The summed E-state index contributed by atoms with van der Waals surface area (Å²) >= 11 is 12.0. The van der Waals surface area contributed by atoms with Gasteiger partial charge in [-0.2, -0.15) is 0 Å². The molecule has 0 saturated heterocycles. The van der Waals surface area contributed by atoms with E-state index in [0.29, 0.717) is 10.0 Å². The highest BCUT2D eigenvalue weighted by Crippen LogP contribution is 2.27. The van der Waals surface area contributed by atoms with Gasteiger partial charge in [-0.15, -0.1) is 0 Å². The Bertz CT molecular complexity index is 771. The summed E-state index contributed by atoms with van der Waals surface area (Å²) < 4.78 is 32.5. The third-order valence-corrected chi connectivity index (χ3v) is 5.22. The lowest BCUT2D eigenvalue weighted by Crippen LogP contribution is -2.24. The fourth-order valence-corrected chi connectivity index (χ4v) is 3.71. The Morgan fingerprint density at radius 2 is 1.91 bits per heavy atom. The molecule has 2 aromatic rings. The van der Waals surface area contributed by atoms with E-state index in [1.165, 1.54) is 19.2 Å². The Hall–Kier alpha value is -1.27. The minimum atomic E-state index is -3.78. The lowest BCUT2D eigenvalue weighted by molar-refractivity contribution is 0.402. The van der Waals surface area contributed by atoms with Gasteiger partial charge in [-0.3, -0.25) is 0 Å². The number of aryl methyl sites for hydroxylation is 1. The zero-order valence-corrected chi connectivity index (χ0v) is 14.4. The van der Waals surface area contributed by atoms with Crippen molar-refractivity contribution in [2.75, 3.05) is 7.11 Å². The van der Waals surface area contributed by atoms with Crippen LogP contribution in [0, 0.1) is 6.92 Å². The molecule has 22 heavy (non-hydrogen) atoms. The minimum absolute atomic E-state index is 0.00722. The molecule has 2 aromatic carbocycles. The van der Waals surface area contributed by atoms with Gasteiger partial charge in [-0.1, -0.05) is 35.3 Å². The van der Waals surface area contributed by atoms with E-state index in [4.69, 9.17) is 27.9 Å². The maximum Gasteiger partial charge on any atom is 0.244 e. The predicted octanol–water partition coefficient (Wildman–Crippen LogP) is 3.79. The van der Waals surface area contributed by atoms with Crippen molar-refractivity contribution in [3.63, 3.8) is 0 Å². The van der Waals surface area contributed by atoms with Gasteiger partial charge < -0.3 is 4.74 Å². The summed E-state index contributed by atoms with van der Waals surface area (Å²) in [6, 6.07) is 9.83. The van der Waals surface area contributed by atoms with Crippen LogP contribution in [0.1, 0.15) is 11.1 Å². The molecule has 0 unspecified atom stereocenters. The summed E-state index contributed by atoms with van der Waals surface area (Å²) in [6.45, 7) is 1.96. The molecule has 1 N–H and O–H groups in total. The third kappa shape index (κ3) is 3.73. The second-order valence-corrected chi connectivity index (χ2v) is 7.23. The smallest absolute Gasteiger partial charge is 0.244 e. The van der Waals surface area contributed by atoms with Crippen molar-refractivity contribution in [3.8, 4) is 5.75 Å². The summed E-state index contributed by atoms with van der Waals surface area (Å²) in [5.74, 6) is 0.229. The van der Waals surface area contributed by atoms with Crippen molar-refractivity contribution in [1.82, 2.24) is 4.72 Å². The van der Waals surface area contributed by atoms with E-state index >= 15 is 0 Å². The van der Waals surface area contributed by atoms with Gasteiger partial charge in [-0.25, -0.2) is 13.1 Å². The average Bonchev–Trinajstić information content (AvgIpc) is 2.46. The minimum Gasteiger partial charge on any atom is -0.495 e. The van der Waals surface area contributed by atoms with E-state index in [1.54, 1.807) is 12.1 Å². The first-order valence-electron chi connectivity index (χ1n) is 6.42. The Morgan fingerprint density at radius 3 is 2.55 bits per heavy atom. The van der Waals surface area contributed by atoms with Crippen LogP contribution >= 0.6 is 23.2 Å². The Kier molecular flexibility index (Phi) is 5.34. The molecular formula is C15H15Cl2NO3S. The molecule has 0 amide bonds. The topological polar surface area (TPSA) is 55.4 Å². The third-order valence-electron chi connectivity index (χ3n) is 3.21.